The second-order valence-electron chi connectivity index (χ2n) is 6.58. The molecule has 2 rings (SSSR count). The standard InChI is InChI=1S/C16H32N2O/c1-4-17-15-6-5-13(2)11-16(15)18-9-7-14(8-10-18)12-19-3/h13-17H,4-12H2,1-3H3. The van der Waals surface area contributed by atoms with Crippen molar-refractivity contribution in [1.29, 1.82) is 0 Å². The smallest absolute Gasteiger partial charge is 0.0491 e. The van der Waals surface area contributed by atoms with E-state index in [1.807, 2.05) is 7.11 Å². The summed E-state index contributed by atoms with van der Waals surface area (Å²) in [4.78, 5) is 2.76. The van der Waals surface area contributed by atoms with Crippen LogP contribution in [0.15, 0.2) is 0 Å². The number of nitrogens with zero attached hydrogens (tertiary/aromatic N) is 1. The summed E-state index contributed by atoms with van der Waals surface area (Å²) in [5, 5.41) is 3.72. The van der Waals surface area contributed by atoms with E-state index in [4.69, 9.17) is 4.74 Å². The molecule has 0 aromatic heterocycles. The Morgan fingerprint density at radius 2 is 1.89 bits per heavy atom. The van der Waals surface area contributed by atoms with Crippen LogP contribution in [0, 0.1) is 11.8 Å². The van der Waals surface area contributed by atoms with Crippen molar-refractivity contribution in [2.24, 2.45) is 11.8 Å². The number of piperidine rings is 1. The highest BCUT2D eigenvalue weighted by molar-refractivity contribution is 4.91. The van der Waals surface area contributed by atoms with Crippen LogP contribution in [0.5, 0.6) is 0 Å². The molecule has 1 aliphatic heterocycles. The Bertz CT molecular complexity index is 251. The Morgan fingerprint density at radius 3 is 2.53 bits per heavy atom. The third-order valence-electron chi connectivity index (χ3n) is 5.07. The second kappa shape index (κ2) is 7.61. The minimum atomic E-state index is 0.722. The number of ether oxygens (including phenoxy) is 1. The maximum absolute atomic E-state index is 5.31. The Morgan fingerprint density at radius 1 is 1.16 bits per heavy atom. The summed E-state index contributed by atoms with van der Waals surface area (Å²) < 4.78 is 5.31. The third kappa shape index (κ3) is 4.17. The predicted molar refractivity (Wildman–Crippen MR) is 80.4 cm³/mol. The molecule has 3 heteroatoms. The number of nitrogens with one attached hydrogen (secondary N) is 1. The lowest BCUT2D eigenvalue weighted by Gasteiger charge is -2.45. The first-order valence-corrected chi connectivity index (χ1v) is 8.21. The van der Waals surface area contributed by atoms with Crippen LogP contribution in [0.2, 0.25) is 0 Å². The van der Waals surface area contributed by atoms with E-state index < -0.39 is 0 Å². The maximum Gasteiger partial charge on any atom is 0.0491 e. The van der Waals surface area contributed by atoms with Crippen LogP contribution < -0.4 is 5.32 Å². The van der Waals surface area contributed by atoms with Gasteiger partial charge < -0.3 is 10.1 Å². The molecule has 1 saturated carbocycles. The Labute approximate surface area is 119 Å². The minimum absolute atomic E-state index is 0.722. The van der Waals surface area contributed by atoms with Crippen molar-refractivity contribution in [1.82, 2.24) is 10.2 Å². The molecule has 0 aromatic carbocycles. The molecular weight excluding hydrogens is 236 g/mol. The van der Waals surface area contributed by atoms with Crippen molar-refractivity contribution in [2.45, 2.75) is 58.0 Å². The highest BCUT2D eigenvalue weighted by Crippen LogP contribution is 2.30. The van der Waals surface area contributed by atoms with Crippen molar-refractivity contribution >= 4 is 0 Å². The van der Waals surface area contributed by atoms with Crippen LogP contribution in [-0.4, -0.2) is 50.3 Å². The number of hydrogen-bond acceptors (Lipinski definition) is 3. The molecule has 0 spiro atoms. The molecule has 3 atom stereocenters. The largest absolute Gasteiger partial charge is 0.384 e. The molecule has 112 valence electrons. The van der Waals surface area contributed by atoms with Crippen LogP contribution in [0.4, 0.5) is 0 Å². The van der Waals surface area contributed by atoms with Crippen molar-refractivity contribution in [3.8, 4) is 0 Å². The van der Waals surface area contributed by atoms with E-state index in [2.05, 4.69) is 24.1 Å². The molecule has 0 radical (unpaired) electrons. The number of methoxy groups -OCH3 is 1. The second-order valence-corrected chi connectivity index (χ2v) is 6.58. The van der Waals surface area contributed by atoms with Gasteiger partial charge in [0.05, 0.1) is 0 Å². The summed E-state index contributed by atoms with van der Waals surface area (Å²) >= 11 is 0. The van der Waals surface area contributed by atoms with Crippen LogP contribution in [0.1, 0.15) is 46.0 Å². The summed E-state index contributed by atoms with van der Waals surface area (Å²) in [6.45, 7) is 9.26. The van der Waals surface area contributed by atoms with Crippen LogP contribution >= 0.6 is 0 Å². The Balaban J connectivity index is 1.87. The number of likely N-dealkylation sites (N-methyl/N-ethyl adjacent to an activating group) is 1. The summed E-state index contributed by atoms with van der Waals surface area (Å²) in [5.41, 5.74) is 0. The van der Waals surface area contributed by atoms with Crippen molar-refractivity contribution in [3.05, 3.63) is 0 Å². The lowest BCUT2D eigenvalue weighted by atomic mass is 9.81. The third-order valence-corrected chi connectivity index (χ3v) is 5.07. The Hall–Kier alpha value is -0.120. The first kappa shape index (κ1) is 15.3. The van der Waals surface area contributed by atoms with Gasteiger partial charge in [0.15, 0.2) is 0 Å². The molecule has 0 aromatic rings. The van der Waals surface area contributed by atoms with Gasteiger partial charge in [-0.15, -0.1) is 0 Å². The van der Waals surface area contributed by atoms with Gasteiger partial charge >= 0.3 is 0 Å². The zero-order valence-corrected chi connectivity index (χ0v) is 13.0. The van der Waals surface area contributed by atoms with E-state index in [1.54, 1.807) is 0 Å². The average molecular weight is 268 g/mol. The molecule has 3 unspecified atom stereocenters. The normalized spacial score (nSPS) is 34.6. The van der Waals surface area contributed by atoms with Crippen molar-refractivity contribution < 1.29 is 4.74 Å². The minimum Gasteiger partial charge on any atom is -0.384 e. The fourth-order valence-electron chi connectivity index (χ4n) is 3.94. The average Bonchev–Trinajstić information content (AvgIpc) is 2.42. The highest BCUT2D eigenvalue weighted by Gasteiger charge is 2.34. The first-order valence-electron chi connectivity index (χ1n) is 8.21. The SMILES string of the molecule is CCNC1CCC(C)CC1N1CCC(COC)CC1. The molecule has 2 fully saturated rings. The molecule has 19 heavy (non-hydrogen) atoms. The van der Waals surface area contributed by atoms with E-state index in [0.29, 0.717) is 0 Å². The van der Waals surface area contributed by atoms with Crippen molar-refractivity contribution in [2.75, 3.05) is 33.4 Å². The maximum atomic E-state index is 5.31. The molecule has 0 amide bonds. The molecule has 1 saturated heterocycles. The molecule has 1 aliphatic carbocycles. The zero-order valence-electron chi connectivity index (χ0n) is 13.0. The zero-order chi connectivity index (χ0) is 13.7. The van der Waals surface area contributed by atoms with Crippen LogP contribution in [-0.2, 0) is 4.74 Å². The summed E-state index contributed by atoms with van der Waals surface area (Å²) in [6.07, 6.45) is 6.77. The van der Waals surface area contributed by atoms with E-state index in [-0.39, 0.29) is 0 Å². The number of rotatable bonds is 5. The summed E-state index contributed by atoms with van der Waals surface area (Å²) in [5.74, 6) is 1.69. The van der Waals surface area contributed by atoms with Gasteiger partial charge in [-0.3, -0.25) is 4.90 Å². The van der Waals surface area contributed by atoms with Crippen LogP contribution in [0.25, 0.3) is 0 Å². The van der Waals surface area contributed by atoms with Gasteiger partial charge in [-0.1, -0.05) is 13.8 Å². The lowest BCUT2D eigenvalue weighted by Crippen LogP contribution is -2.55. The molecule has 3 nitrogen and oxygen atoms in total. The van der Waals surface area contributed by atoms with Gasteiger partial charge in [-0.05, 0) is 63.6 Å². The number of likely N-dealkylation sites (tertiary alicyclic amines) is 1. The number of hydrogen-bond donors (Lipinski definition) is 1. The monoisotopic (exact) mass is 268 g/mol. The van der Waals surface area contributed by atoms with E-state index in [9.17, 15) is 0 Å². The molecular formula is C16H32N2O. The fourth-order valence-corrected chi connectivity index (χ4v) is 3.94. The predicted octanol–water partition coefficient (Wildman–Crippen LogP) is 2.51. The van der Waals surface area contributed by atoms with Gasteiger partial charge in [-0.25, -0.2) is 0 Å². The molecule has 2 aliphatic rings. The molecule has 1 N–H and O–H groups in total. The van der Waals surface area contributed by atoms with Crippen LogP contribution in [0.3, 0.4) is 0 Å². The summed E-state index contributed by atoms with van der Waals surface area (Å²) in [6, 6.07) is 1.49. The van der Waals surface area contributed by atoms with Gasteiger partial charge in [0.25, 0.3) is 0 Å². The van der Waals surface area contributed by atoms with Gasteiger partial charge in [0.2, 0.25) is 0 Å². The van der Waals surface area contributed by atoms with Gasteiger partial charge in [-0.2, -0.15) is 0 Å². The van der Waals surface area contributed by atoms with Gasteiger partial charge in [0.1, 0.15) is 0 Å². The van der Waals surface area contributed by atoms with E-state index in [1.165, 1.54) is 45.2 Å². The Kier molecular flexibility index (Phi) is 6.11. The van der Waals surface area contributed by atoms with Gasteiger partial charge in [0, 0.05) is 25.8 Å². The van der Waals surface area contributed by atoms with E-state index >= 15 is 0 Å². The molecule has 0 bridgehead atoms. The molecule has 1 heterocycles. The quantitative estimate of drug-likeness (QED) is 0.829. The lowest BCUT2D eigenvalue weighted by molar-refractivity contribution is 0.0466. The topological polar surface area (TPSA) is 24.5 Å². The highest BCUT2D eigenvalue weighted by atomic mass is 16.5. The fraction of sp³-hybridized carbons (Fsp3) is 1.00. The van der Waals surface area contributed by atoms with Crippen molar-refractivity contribution in [3.63, 3.8) is 0 Å². The summed E-state index contributed by atoms with van der Waals surface area (Å²) in [7, 11) is 1.83. The van der Waals surface area contributed by atoms with E-state index in [0.717, 1.165) is 37.1 Å². The first-order chi connectivity index (χ1) is 9.24.